The summed E-state index contributed by atoms with van der Waals surface area (Å²) in [6.07, 6.45) is 3.84. The molecule has 1 heterocycles. The van der Waals surface area contributed by atoms with Gasteiger partial charge < -0.3 is 10.0 Å². The van der Waals surface area contributed by atoms with Crippen LogP contribution in [0.2, 0.25) is 0 Å². The van der Waals surface area contributed by atoms with E-state index in [9.17, 15) is 4.79 Å². The van der Waals surface area contributed by atoms with E-state index >= 15 is 0 Å². The minimum atomic E-state index is -0.713. The van der Waals surface area contributed by atoms with Crippen molar-refractivity contribution in [3.8, 4) is 0 Å². The Labute approximate surface area is 91.9 Å². The van der Waals surface area contributed by atoms with Crippen molar-refractivity contribution in [3.05, 3.63) is 0 Å². The predicted molar refractivity (Wildman–Crippen MR) is 60.0 cm³/mol. The molecule has 1 rings (SSSR count). The summed E-state index contributed by atoms with van der Waals surface area (Å²) in [5.41, 5.74) is 0. The summed E-state index contributed by atoms with van der Waals surface area (Å²) in [6.45, 7) is 7.44. The molecule has 4 heteroatoms. The Morgan fingerprint density at radius 2 is 1.73 bits per heavy atom. The summed E-state index contributed by atoms with van der Waals surface area (Å²) < 4.78 is 0. The summed E-state index contributed by atoms with van der Waals surface area (Å²) >= 11 is 0. The average molecular weight is 214 g/mol. The second-order valence-corrected chi connectivity index (χ2v) is 4.22. The fourth-order valence-electron chi connectivity index (χ4n) is 1.95. The minimum Gasteiger partial charge on any atom is -0.480 e. The van der Waals surface area contributed by atoms with E-state index in [4.69, 9.17) is 5.11 Å². The molecule has 0 atom stereocenters. The van der Waals surface area contributed by atoms with Crippen molar-refractivity contribution in [1.82, 2.24) is 9.80 Å². The van der Waals surface area contributed by atoms with Crippen LogP contribution in [0.5, 0.6) is 0 Å². The van der Waals surface area contributed by atoms with Gasteiger partial charge in [0.25, 0.3) is 0 Å². The lowest BCUT2D eigenvalue weighted by molar-refractivity contribution is -0.138. The molecule has 0 radical (unpaired) electrons. The lowest BCUT2D eigenvalue weighted by Crippen LogP contribution is -2.48. The van der Waals surface area contributed by atoms with Gasteiger partial charge in [0.2, 0.25) is 0 Å². The third-order valence-corrected chi connectivity index (χ3v) is 2.90. The van der Waals surface area contributed by atoms with Gasteiger partial charge >= 0.3 is 5.97 Å². The monoisotopic (exact) mass is 214 g/mol. The molecule has 1 aliphatic heterocycles. The molecule has 0 aliphatic carbocycles. The smallest absolute Gasteiger partial charge is 0.317 e. The molecule has 0 amide bonds. The van der Waals surface area contributed by atoms with Crippen molar-refractivity contribution in [2.75, 3.05) is 39.3 Å². The first-order valence-electron chi connectivity index (χ1n) is 5.89. The topological polar surface area (TPSA) is 43.8 Å². The Kier molecular flexibility index (Phi) is 5.65. The molecule has 1 aliphatic rings. The molecule has 0 unspecified atom stereocenters. The van der Waals surface area contributed by atoms with Crippen LogP contribution in [0.4, 0.5) is 0 Å². The quantitative estimate of drug-likeness (QED) is 0.667. The summed E-state index contributed by atoms with van der Waals surface area (Å²) in [5.74, 6) is -0.713. The first-order valence-corrected chi connectivity index (χ1v) is 5.89. The van der Waals surface area contributed by atoms with Crippen LogP contribution in [0, 0.1) is 0 Å². The third kappa shape index (κ3) is 5.14. The molecule has 15 heavy (non-hydrogen) atoms. The van der Waals surface area contributed by atoms with Crippen LogP contribution in [0.15, 0.2) is 0 Å². The van der Waals surface area contributed by atoms with Gasteiger partial charge in [-0.3, -0.25) is 9.69 Å². The third-order valence-electron chi connectivity index (χ3n) is 2.90. The molecule has 0 aromatic rings. The molecule has 0 aromatic carbocycles. The number of piperazine rings is 1. The first kappa shape index (κ1) is 12.5. The van der Waals surface area contributed by atoms with Crippen molar-refractivity contribution >= 4 is 5.97 Å². The van der Waals surface area contributed by atoms with E-state index < -0.39 is 5.97 Å². The number of carbonyl (C=O) groups is 1. The number of hydrogen-bond acceptors (Lipinski definition) is 3. The lowest BCUT2D eigenvalue weighted by Gasteiger charge is -2.33. The van der Waals surface area contributed by atoms with Gasteiger partial charge in [-0.2, -0.15) is 0 Å². The van der Waals surface area contributed by atoms with E-state index in [-0.39, 0.29) is 6.54 Å². The van der Waals surface area contributed by atoms with Crippen LogP contribution in [-0.2, 0) is 4.79 Å². The maximum atomic E-state index is 10.5. The van der Waals surface area contributed by atoms with Crippen molar-refractivity contribution in [3.63, 3.8) is 0 Å². The summed E-state index contributed by atoms with van der Waals surface area (Å²) in [4.78, 5) is 15.0. The van der Waals surface area contributed by atoms with E-state index in [0.717, 1.165) is 26.2 Å². The standard InChI is InChI=1S/C11H22N2O2/c1-2-3-4-5-12-6-8-13(9-7-12)10-11(14)15/h2-10H2,1H3,(H,14,15). The Balaban J connectivity index is 2.10. The van der Waals surface area contributed by atoms with Gasteiger partial charge in [0, 0.05) is 26.2 Å². The molecule has 1 saturated heterocycles. The van der Waals surface area contributed by atoms with Crippen LogP contribution in [0.3, 0.4) is 0 Å². The molecule has 0 saturated carbocycles. The van der Waals surface area contributed by atoms with Crippen LogP contribution < -0.4 is 0 Å². The number of unbranched alkanes of at least 4 members (excludes halogenated alkanes) is 2. The summed E-state index contributed by atoms with van der Waals surface area (Å²) in [6, 6.07) is 0. The average Bonchev–Trinajstić information content (AvgIpc) is 2.20. The normalized spacial score (nSPS) is 19.3. The number of nitrogens with zero attached hydrogens (tertiary/aromatic N) is 2. The maximum Gasteiger partial charge on any atom is 0.317 e. The van der Waals surface area contributed by atoms with Gasteiger partial charge in [0.15, 0.2) is 0 Å². The lowest BCUT2D eigenvalue weighted by atomic mass is 10.2. The Morgan fingerprint density at radius 1 is 1.13 bits per heavy atom. The Hall–Kier alpha value is -0.610. The SMILES string of the molecule is CCCCCN1CCN(CC(=O)O)CC1. The molecule has 88 valence electrons. The van der Waals surface area contributed by atoms with Crippen LogP contribution in [0.25, 0.3) is 0 Å². The number of aliphatic carboxylic acids is 1. The zero-order valence-corrected chi connectivity index (χ0v) is 9.61. The van der Waals surface area contributed by atoms with Crippen LogP contribution in [-0.4, -0.2) is 60.1 Å². The van der Waals surface area contributed by atoms with E-state index in [1.54, 1.807) is 0 Å². The highest BCUT2D eigenvalue weighted by Crippen LogP contribution is 2.04. The minimum absolute atomic E-state index is 0.197. The molecule has 0 aromatic heterocycles. The number of hydrogen-bond donors (Lipinski definition) is 1. The number of carboxylic acids is 1. The van der Waals surface area contributed by atoms with Crippen LogP contribution in [0.1, 0.15) is 26.2 Å². The van der Waals surface area contributed by atoms with Gasteiger partial charge in [-0.15, -0.1) is 0 Å². The molecule has 1 fully saturated rings. The Bertz CT molecular complexity index is 189. The summed E-state index contributed by atoms with van der Waals surface area (Å²) in [7, 11) is 0. The molecule has 4 nitrogen and oxygen atoms in total. The molecule has 0 bridgehead atoms. The van der Waals surface area contributed by atoms with Gasteiger partial charge in [0.1, 0.15) is 0 Å². The molecule has 0 spiro atoms. The fourth-order valence-corrected chi connectivity index (χ4v) is 1.95. The van der Waals surface area contributed by atoms with Crippen molar-refractivity contribution < 1.29 is 9.90 Å². The van der Waals surface area contributed by atoms with Gasteiger partial charge in [-0.1, -0.05) is 19.8 Å². The fraction of sp³-hybridized carbons (Fsp3) is 0.909. The maximum absolute atomic E-state index is 10.5. The first-order chi connectivity index (χ1) is 7.22. The highest BCUT2D eigenvalue weighted by atomic mass is 16.4. The second kappa shape index (κ2) is 6.80. The highest BCUT2D eigenvalue weighted by molar-refractivity contribution is 5.69. The molecular weight excluding hydrogens is 192 g/mol. The Morgan fingerprint density at radius 3 is 2.27 bits per heavy atom. The second-order valence-electron chi connectivity index (χ2n) is 4.22. The largest absolute Gasteiger partial charge is 0.480 e. The van der Waals surface area contributed by atoms with Gasteiger partial charge in [-0.25, -0.2) is 0 Å². The van der Waals surface area contributed by atoms with E-state index in [2.05, 4.69) is 11.8 Å². The zero-order chi connectivity index (χ0) is 11.1. The molecule has 1 N–H and O–H groups in total. The van der Waals surface area contributed by atoms with Crippen LogP contribution >= 0.6 is 0 Å². The predicted octanol–water partition coefficient (Wildman–Crippen LogP) is 0.879. The number of rotatable bonds is 6. The number of carboxylic acid groups (broad SMARTS) is 1. The van der Waals surface area contributed by atoms with E-state index in [1.165, 1.54) is 25.8 Å². The molecular formula is C11H22N2O2. The van der Waals surface area contributed by atoms with Gasteiger partial charge in [-0.05, 0) is 13.0 Å². The van der Waals surface area contributed by atoms with Crippen molar-refractivity contribution in [2.45, 2.75) is 26.2 Å². The van der Waals surface area contributed by atoms with E-state index in [1.807, 2.05) is 4.90 Å². The summed E-state index contributed by atoms with van der Waals surface area (Å²) in [5, 5.41) is 8.65. The zero-order valence-electron chi connectivity index (χ0n) is 9.61. The highest BCUT2D eigenvalue weighted by Gasteiger charge is 2.17. The van der Waals surface area contributed by atoms with Gasteiger partial charge in [0.05, 0.1) is 6.54 Å². The van der Waals surface area contributed by atoms with E-state index in [0.29, 0.717) is 0 Å². The van der Waals surface area contributed by atoms with Crippen molar-refractivity contribution in [1.29, 1.82) is 0 Å². The van der Waals surface area contributed by atoms with Crippen molar-refractivity contribution in [2.24, 2.45) is 0 Å².